The van der Waals surface area contributed by atoms with Gasteiger partial charge in [-0.25, -0.2) is 0 Å². The monoisotopic (exact) mass is 288 g/mol. The first kappa shape index (κ1) is 15.1. The van der Waals surface area contributed by atoms with Crippen molar-refractivity contribution in [2.75, 3.05) is 27.7 Å². The molecule has 1 unspecified atom stereocenters. The molecular weight excluding hydrogens is 268 g/mol. The number of carbonyl (C=O) groups excluding carboxylic acids is 1. The van der Waals surface area contributed by atoms with Crippen molar-refractivity contribution in [2.45, 2.75) is 6.04 Å². The quantitative estimate of drug-likeness (QED) is 0.886. The number of rotatable bonds is 6. The number of amides is 1. The molecule has 1 atom stereocenters. The highest BCUT2D eigenvalue weighted by Gasteiger charge is 2.19. The fourth-order valence-corrected chi connectivity index (χ4v) is 2.20. The van der Waals surface area contributed by atoms with Crippen molar-refractivity contribution in [1.29, 1.82) is 0 Å². The van der Waals surface area contributed by atoms with Gasteiger partial charge in [-0.1, -0.05) is 18.2 Å². The third kappa shape index (κ3) is 3.64. The molecule has 0 saturated heterocycles. The van der Waals surface area contributed by atoms with E-state index in [9.17, 15) is 4.79 Å². The Labute approximate surface area is 124 Å². The van der Waals surface area contributed by atoms with E-state index in [1.807, 2.05) is 43.3 Å². The number of furan rings is 1. The van der Waals surface area contributed by atoms with Gasteiger partial charge in [0.05, 0.1) is 25.0 Å². The van der Waals surface area contributed by atoms with Gasteiger partial charge in [-0.3, -0.25) is 4.79 Å². The van der Waals surface area contributed by atoms with Crippen LogP contribution < -0.4 is 10.1 Å². The summed E-state index contributed by atoms with van der Waals surface area (Å²) in [5.41, 5.74) is 1.56. The van der Waals surface area contributed by atoms with Crippen molar-refractivity contribution in [3.8, 4) is 5.75 Å². The van der Waals surface area contributed by atoms with Crippen LogP contribution in [0.15, 0.2) is 47.3 Å². The summed E-state index contributed by atoms with van der Waals surface area (Å²) in [7, 11) is 5.60. The number of ether oxygens (including phenoxy) is 1. The molecule has 0 radical (unpaired) electrons. The van der Waals surface area contributed by atoms with Crippen LogP contribution in [0.5, 0.6) is 5.75 Å². The summed E-state index contributed by atoms with van der Waals surface area (Å²) < 4.78 is 10.3. The van der Waals surface area contributed by atoms with E-state index in [2.05, 4.69) is 5.32 Å². The van der Waals surface area contributed by atoms with Crippen LogP contribution in [-0.4, -0.2) is 38.6 Å². The summed E-state index contributed by atoms with van der Waals surface area (Å²) in [6, 6.07) is 9.49. The Hall–Kier alpha value is -2.27. The highest BCUT2D eigenvalue weighted by atomic mass is 16.5. The second-order valence-corrected chi connectivity index (χ2v) is 4.94. The van der Waals surface area contributed by atoms with Crippen LogP contribution in [0.4, 0.5) is 0 Å². The lowest BCUT2D eigenvalue weighted by Gasteiger charge is -2.26. The lowest BCUT2D eigenvalue weighted by molar-refractivity contribution is 0.0941. The number of nitrogens with zero attached hydrogens (tertiary/aromatic N) is 1. The molecule has 0 spiro atoms. The minimum Gasteiger partial charge on any atom is -0.496 e. The Kier molecular flexibility index (Phi) is 5.00. The summed E-state index contributed by atoms with van der Waals surface area (Å²) in [5.74, 6) is 0.666. The van der Waals surface area contributed by atoms with Gasteiger partial charge >= 0.3 is 0 Å². The van der Waals surface area contributed by atoms with Gasteiger partial charge in [0.1, 0.15) is 12.0 Å². The number of hydrogen-bond acceptors (Lipinski definition) is 4. The van der Waals surface area contributed by atoms with E-state index in [4.69, 9.17) is 9.15 Å². The molecule has 2 rings (SSSR count). The molecule has 0 aliphatic rings. The van der Waals surface area contributed by atoms with Crippen molar-refractivity contribution < 1.29 is 13.9 Å². The molecule has 1 N–H and O–H groups in total. The maximum absolute atomic E-state index is 12.0. The molecule has 112 valence electrons. The molecule has 0 fully saturated rings. The predicted molar refractivity (Wildman–Crippen MR) is 80.5 cm³/mol. The average Bonchev–Trinajstić information content (AvgIpc) is 3.01. The fraction of sp³-hybridized carbons (Fsp3) is 0.312. The van der Waals surface area contributed by atoms with Crippen molar-refractivity contribution in [1.82, 2.24) is 10.2 Å². The molecular formula is C16H20N2O3. The Morgan fingerprint density at radius 2 is 2.10 bits per heavy atom. The van der Waals surface area contributed by atoms with E-state index in [0.717, 1.165) is 11.3 Å². The van der Waals surface area contributed by atoms with Crippen LogP contribution in [0.3, 0.4) is 0 Å². The van der Waals surface area contributed by atoms with Crippen molar-refractivity contribution >= 4 is 5.91 Å². The van der Waals surface area contributed by atoms with Gasteiger partial charge in [0.25, 0.3) is 5.91 Å². The first-order chi connectivity index (χ1) is 10.1. The number of hydrogen-bond donors (Lipinski definition) is 1. The summed E-state index contributed by atoms with van der Waals surface area (Å²) in [6.45, 7) is 0.484. The van der Waals surface area contributed by atoms with Crippen LogP contribution >= 0.6 is 0 Å². The zero-order valence-electron chi connectivity index (χ0n) is 12.5. The average molecular weight is 288 g/mol. The van der Waals surface area contributed by atoms with Gasteiger partial charge in [0, 0.05) is 12.1 Å². The molecule has 0 bridgehead atoms. The van der Waals surface area contributed by atoms with Crippen LogP contribution in [0.2, 0.25) is 0 Å². The van der Waals surface area contributed by atoms with Crippen molar-refractivity contribution in [2.24, 2.45) is 0 Å². The minimum atomic E-state index is -0.148. The summed E-state index contributed by atoms with van der Waals surface area (Å²) in [4.78, 5) is 14.0. The lowest BCUT2D eigenvalue weighted by Crippen LogP contribution is -2.34. The molecule has 0 aliphatic heterocycles. The van der Waals surface area contributed by atoms with Crippen molar-refractivity contribution in [3.05, 3.63) is 54.0 Å². The molecule has 0 aliphatic carbocycles. The molecule has 5 heteroatoms. The number of benzene rings is 1. The molecule has 5 nitrogen and oxygen atoms in total. The molecule has 1 aromatic heterocycles. The number of para-hydroxylation sites is 1. The zero-order valence-corrected chi connectivity index (χ0v) is 12.5. The summed E-state index contributed by atoms with van der Waals surface area (Å²) >= 11 is 0. The van der Waals surface area contributed by atoms with Crippen LogP contribution in [0.25, 0.3) is 0 Å². The first-order valence-electron chi connectivity index (χ1n) is 6.73. The van der Waals surface area contributed by atoms with E-state index in [0.29, 0.717) is 12.1 Å². The second-order valence-electron chi connectivity index (χ2n) is 4.94. The van der Waals surface area contributed by atoms with Crippen LogP contribution in [0.1, 0.15) is 22.0 Å². The molecule has 1 heterocycles. The van der Waals surface area contributed by atoms with Gasteiger partial charge in [0.15, 0.2) is 0 Å². The highest BCUT2D eigenvalue weighted by Crippen LogP contribution is 2.27. The molecule has 1 aromatic carbocycles. The number of methoxy groups -OCH3 is 1. The molecule has 21 heavy (non-hydrogen) atoms. The number of nitrogens with one attached hydrogen (secondary N) is 1. The Morgan fingerprint density at radius 3 is 2.71 bits per heavy atom. The number of likely N-dealkylation sites (N-methyl/N-ethyl adjacent to an activating group) is 1. The largest absolute Gasteiger partial charge is 0.496 e. The molecule has 1 amide bonds. The highest BCUT2D eigenvalue weighted by molar-refractivity contribution is 5.93. The number of carbonyl (C=O) groups is 1. The van der Waals surface area contributed by atoms with Crippen LogP contribution in [0, 0.1) is 0 Å². The second kappa shape index (κ2) is 6.95. The third-order valence-corrected chi connectivity index (χ3v) is 3.36. The first-order valence-corrected chi connectivity index (χ1v) is 6.73. The predicted octanol–water partition coefficient (Wildman–Crippen LogP) is 2.32. The topological polar surface area (TPSA) is 54.7 Å². The standard InChI is InChI=1S/C16H20N2O3/c1-18(2)14(13-6-4-5-7-15(13)20-3)10-17-16(19)12-8-9-21-11-12/h4-9,11,14H,10H2,1-3H3,(H,17,19). The van der Waals surface area contributed by atoms with E-state index >= 15 is 0 Å². The van der Waals surface area contributed by atoms with E-state index < -0.39 is 0 Å². The lowest BCUT2D eigenvalue weighted by atomic mass is 10.0. The van der Waals surface area contributed by atoms with Gasteiger partial charge in [-0.2, -0.15) is 0 Å². The summed E-state index contributed by atoms with van der Waals surface area (Å²) in [5, 5.41) is 2.92. The third-order valence-electron chi connectivity index (χ3n) is 3.36. The van der Waals surface area contributed by atoms with Gasteiger partial charge in [0.2, 0.25) is 0 Å². The maximum atomic E-state index is 12.0. The zero-order chi connectivity index (χ0) is 15.2. The SMILES string of the molecule is COc1ccccc1C(CNC(=O)c1ccoc1)N(C)C. The Morgan fingerprint density at radius 1 is 1.33 bits per heavy atom. The summed E-state index contributed by atoms with van der Waals surface area (Å²) in [6.07, 6.45) is 2.92. The molecule has 2 aromatic rings. The van der Waals surface area contributed by atoms with E-state index in [1.165, 1.54) is 12.5 Å². The molecule has 0 saturated carbocycles. The Balaban J connectivity index is 2.11. The minimum absolute atomic E-state index is 0.0250. The maximum Gasteiger partial charge on any atom is 0.254 e. The van der Waals surface area contributed by atoms with Gasteiger partial charge in [-0.15, -0.1) is 0 Å². The van der Waals surface area contributed by atoms with Gasteiger partial charge in [-0.05, 0) is 26.2 Å². The smallest absolute Gasteiger partial charge is 0.254 e. The van der Waals surface area contributed by atoms with Crippen molar-refractivity contribution in [3.63, 3.8) is 0 Å². The van der Waals surface area contributed by atoms with E-state index in [-0.39, 0.29) is 11.9 Å². The van der Waals surface area contributed by atoms with Gasteiger partial charge < -0.3 is 19.4 Å². The Bertz CT molecular complexity index is 579. The normalized spacial score (nSPS) is 12.2. The fourth-order valence-electron chi connectivity index (χ4n) is 2.20. The van der Waals surface area contributed by atoms with Crippen LogP contribution in [-0.2, 0) is 0 Å². The van der Waals surface area contributed by atoms with E-state index in [1.54, 1.807) is 13.2 Å².